The Bertz CT molecular complexity index is 591. The third kappa shape index (κ3) is 2.60. The highest BCUT2D eigenvalue weighted by Gasteiger charge is 2.33. The number of hydrogen-bond acceptors (Lipinski definition) is 3. The van der Waals surface area contributed by atoms with Gasteiger partial charge in [0, 0.05) is 13.1 Å². The Balaban J connectivity index is 2.42. The molecule has 8 heteroatoms. The second-order valence-electron chi connectivity index (χ2n) is 4.33. The van der Waals surface area contributed by atoms with Crippen LogP contribution in [0.1, 0.15) is 12.8 Å². The summed E-state index contributed by atoms with van der Waals surface area (Å²) in [5, 5.41) is 9.42. The highest BCUT2D eigenvalue weighted by molar-refractivity contribution is 7.89. The SMILES string of the molecule is O=S(=O)(c1ccc(F)c(F)c1F)N1CCC[C@H](O)C1. The van der Waals surface area contributed by atoms with E-state index in [0.29, 0.717) is 25.0 Å². The van der Waals surface area contributed by atoms with Crippen molar-refractivity contribution >= 4 is 10.0 Å². The maximum Gasteiger partial charge on any atom is 0.246 e. The minimum atomic E-state index is -4.27. The molecular weight excluding hydrogens is 283 g/mol. The molecule has 1 heterocycles. The van der Waals surface area contributed by atoms with E-state index in [4.69, 9.17) is 0 Å². The first-order valence-electron chi connectivity index (χ1n) is 5.65. The fourth-order valence-electron chi connectivity index (χ4n) is 1.99. The zero-order chi connectivity index (χ0) is 14.2. The van der Waals surface area contributed by atoms with Gasteiger partial charge in [-0.1, -0.05) is 0 Å². The number of benzene rings is 1. The zero-order valence-electron chi connectivity index (χ0n) is 9.81. The van der Waals surface area contributed by atoms with E-state index in [0.717, 1.165) is 4.31 Å². The molecule has 1 N–H and O–H groups in total. The molecule has 1 aliphatic rings. The van der Waals surface area contributed by atoms with E-state index in [9.17, 15) is 26.7 Å². The van der Waals surface area contributed by atoms with Crippen LogP contribution in [0.2, 0.25) is 0 Å². The second kappa shape index (κ2) is 5.10. The summed E-state index contributed by atoms with van der Waals surface area (Å²) in [5.41, 5.74) is 0. The van der Waals surface area contributed by atoms with E-state index in [1.807, 2.05) is 0 Å². The molecule has 1 saturated heterocycles. The highest BCUT2D eigenvalue weighted by Crippen LogP contribution is 2.25. The molecule has 1 aromatic carbocycles. The van der Waals surface area contributed by atoms with E-state index in [2.05, 4.69) is 0 Å². The van der Waals surface area contributed by atoms with Gasteiger partial charge < -0.3 is 5.11 Å². The van der Waals surface area contributed by atoms with Crippen LogP contribution in [0, 0.1) is 17.5 Å². The fraction of sp³-hybridized carbons (Fsp3) is 0.455. The maximum absolute atomic E-state index is 13.5. The molecule has 2 rings (SSSR count). The summed E-state index contributed by atoms with van der Waals surface area (Å²) in [6.07, 6.45) is 0.0368. The van der Waals surface area contributed by atoms with Crippen molar-refractivity contribution in [2.24, 2.45) is 0 Å². The quantitative estimate of drug-likeness (QED) is 0.835. The predicted molar refractivity (Wildman–Crippen MR) is 60.3 cm³/mol. The smallest absolute Gasteiger partial charge is 0.246 e. The number of piperidine rings is 1. The second-order valence-corrected chi connectivity index (χ2v) is 6.24. The summed E-state index contributed by atoms with van der Waals surface area (Å²) in [6, 6.07) is 1.25. The van der Waals surface area contributed by atoms with Crippen molar-refractivity contribution < 1.29 is 26.7 Å². The predicted octanol–water partition coefficient (Wildman–Crippen LogP) is 1.25. The van der Waals surface area contributed by atoms with Crippen LogP contribution in [0.5, 0.6) is 0 Å². The monoisotopic (exact) mass is 295 g/mol. The molecule has 0 aliphatic carbocycles. The fourth-order valence-corrected chi connectivity index (χ4v) is 3.56. The number of aliphatic hydroxyl groups is 1. The van der Waals surface area contributed by atoms with Gasteiger partial charge in [-0.05, 0) is 25.0 Å². The third-order valence-corrected chi connectivity index (χ3v) is 4.86. The van der Waals surface area contributed by atoms with Crippen LogP contribution < -0.4 is 0 Å². The number of hydrogen-bond donors (Lipinski definition) is 1. The first kappa shape index (κ1) is 14.3. The Hall–Kier alpha value is -1.12. The van der Waals surface area contributed by atoms with Crippen molar-refractivity contribution in [1.82, 2.24) is 4.31 Å². The Morgan fingerprint density at radius 3 is 2.53 bits per heavy atom. The minimum Gasteiger partial charge on any atom is -0.392 e. The summed E-state index contributed by atoms with van der Waals surface area (Å²) < 4.78 is 64.5. The summed E-state index contributed by atoms with van der Waals surface area (Å²) in [5.74, 6) is -5.01. The van der Waals surface area contributed by atoms with Gasteiger partial charge in [-0.15, -0.1) is 0 Å². The summed E-state index contributed by atoms with van der Waals surface area (Å²) in [7, 11) is -4.27. The van der Waals surface area contributed by atoms with Crippen molar-refractivity contribution in [3.63, 3.8) is 0 Å². The standard InChI is InChI=1S/C11H12F3NO3S/c12-8-3-4-9(11(14)10(8)13)19(17,18)15-5-1-2-7(16)6-15/h3-4,7,16H,1-2,5-6H2/t7-/m0/s1. The molecule has 0 bridgehead atoms. The number of sulfonamides is 1. The van der Waals surface area contributed by atoms with Crippen LogP contribution in [-0.4, -0.2) is 37.0 Å². The van der Waals surface area contributed by atoms with Gasteiger partial charge in [0.25, 0.3) is 0 Å². The van der Waals surface area contributed by atoms with Crippen LogP contribution in [0.4, 0.5) is 13.2 Å². The molecule has 19 heavy (non-hydrogen) atoms. The first-order valence-corrected chi connectivity index (χ1v) is 7.09. The molecule has 0 aromatic heterocycles. The number of halogens is 3. The molecule has 106 valence electrons. The van der Waals surface area contributed by atoms with Gasteiger partial charge in [0.05, 0.1) is 6.10 Å². The average molecular weight is 295 g/mol. The molecule has 0 spiro atoms. The topological polar surface area (TPSA) is 57.6 Å². The summed E-state index contributed by atoms with van der Waals surface area (Å²) >= 11 is 0. The van der Waals surface area contributed by atoms with Gasteiger partial charge in [-0.25, -0.2) is 21.6 Å². The van der Waals surface area contributed by atoms with E-state index >= 15 is 0 Å². The van der Waals surface area contributed by atoms with Crippen LogP contribution in [0.15, 0.2) is 17.0 Å². The lowest BCUT2D eigenvalue weighted by Gasteiger charge is -2.29. The molecular formula is C11H12F3NO3S. The van der Waals surface area contributed by atoms with Gasteiger partial charge in [0.2, 0.25) is 10.0 Å². The molecule has 1 fully saturated rings. The molecule has 1 aliphatic heterocycles. The Kier molecular flexibility index (Phi) is 3.84. The lowest BCUT2D eigenvalue weighted by molar-refractivity contribution is 0.108. The van der Waals surface area contributed by atoms with Crippen molar-refractivity contribution in [3.8, 4) is 0 Å². The third-order valence-electron chi connectivity index (χ3n) is 2.98. The van der Waals surface area contributed by atoms with Crippen molar-refractivity contribution in [2.75, 3.05) is 13.1 Å². The average Bonchev–Trinajstić information content (AvgIpc) is 2.36. The van der Waals surface area contributed by atoms with Crippen LogP contribution in [0.25, 0.3) is 0 Å². The highest BCUT2D eigenvalue weighted by atomic mass is 32.2. The van der Waals surface area contributed by atoms with E-state index in [-0.39, 0.29) is 13.1 Å². The van der Waals surface area contributed by atoms with Crippen LogP contribution >= 0.6 is 0 Å². The minimum absolute atomic E-state index is 0.109. The molecule has 0 unspecified atom stereocenters. The number of β-amino-alcohol motifs (C(OH)–C–C–N with tert-alkyl or cyclic N) is 1. The van der Waals surface area contributed by atoms with Gasteiger partial charge in [0.15, 0.2) is 17.5 Å². The van der Waals surface area contributed by atoms with Gasteiger partial charge >= 0.3 is 0 Å². The first-order chi connectivity index (χ1) is 8.84. The van der Waals surface area contributed by atoms with Crippen LogP contribution in [-0.2, 0) is 10.0 Å². The number of aliphatic hydroxyl groups excluding tert-OH is 1. The van der Waals surface area contributed by atoms with Gasteiger partial charge in [0.1, 0.15) is 4.90 Å². The van der Waals surface area contributed by atoms with Gasteiger partial charge in [-0.3, -0.25) is 0 Å². The van der Waals surface area contributed by atoms with Crippen molar-refractivity contribution in [2.45, 2.75) is 23.8 Å². The summed E-state index contributed by atoms with van der Waals surface area (Å²) in [6.45, 7) is -0.0708. The molecule has 0 amide bonds. The number of rotatable bonds is 2. The van der Waals surface area contributed by atoms with Crippen molar-refractivity contribution in [3.05, 3.63) is 29.6 Å². The Labute approximate surface area is 108 Å². The molecule has 1 aromatic rings. The van der Waals surface area contributed by atoms with Gasteiger partial charge in [-0.2, -0.15) is 4.31 Å². The van der Waals surface area contributed by atoms with E-state index in [1.165, 1.54) is 0 Å². The van der Waals surface area contributed by atoms with E-state index in [1.54, 1.807) is 0 Å². The molecule has 0 radical (unpaired) electrons. The summed E-state index contributed by atoms with van der Waals surface area (Å²) in [4.78, 5) is -0.916. The Morgan fingerprint density at radius 2 is 1.89 bits per heavy atom. The molecule has 4 nitrogen and oxygen atoms in total. The molecule has 0 saturated carbocycles. The molecule has 1 atom stereocenters. The zero-order valence-corrected chi connectivity index (χ0v) is 10.6. The maximum atomic E-state index is 13.5. The normalized spacial score (nSPS) is 21.6. The van der Waals surface area contributed by atoms with E-state index < -0.39 is 38.5 Å². The lowest BCUT2D eigenvalue weighted by Crippen LogP contribution is -2.42. The Morgan fingerprint density at radius 1 is 1.21 bits per heavy atom. The van der Waals surface area contributed by atoms with Crippen LogP contribution in [0.3, 0.4) is 0 Å². The number of nitrogens with zero attached hydrogens (tertiary/aromatic N) is 1. The van der Waals surface area contributed by atoms with Crippen molar-refractivity contribution in [1.29, 1.82) is 0 Å². The lowest BCUT2D eigenvalue weighted by atomic mass is 10.1. The largest absolute Gasteiger partial charge is 0.392 e.